The molecule has 0 aliphatic rings. The van der Waals surface area contributed by atoms with Crippen molar-refractivity contribution in [2.75, 3.05) is 13.6 Å². The van der Waals surface area contributed by atoms with Gasteiger partial charge in [-0.05, 0) is 30.0 Å². The van der Waals surface area contributed by atoms with Crippen LogP contribution in [0.15, 0.2) is 35.7 Å². The second-order valence-electron chi connectivity index (χ2n) is 6.20. The van der Waals surface area contributed by atoms with E-state index in [1.54, 1.807) is 16.7 Å². The van der Waals surface area contributed by atoms with Gasteiger partial charge in [0.05, 0.1) is 0 Å². The van der Waals surface area contributed by atoms with Crippen LogP contribution in [0.25, 0.3) is 0 Å². The highest BCUT2D eigenvalue weighted by atomic mass is 32.2. The van der Waals surface area contributed by atoms with Crippen molar-refractivity contribution >= 4 is 17.7 Å². The predicted octanol–water partition coefficient (Wildman–Crippen LogP) is 2.54. The van der Waals surface area contributed by atoms with Gasteiger partial charge in [-0.3, -0.25) is 9.89 Å². The number of nitrogens with zero attached hydrogens (tertiary/aromatic N) is 3. The topological polar surface area (TPSA) is 87.9 Å². The van der Waals surface area contributed by atoms with E-state index < -0.39 is 0 Å². The molecule has 0 spiro atoms. The molecule has 1 unspecified atom stereocenters. The summed E-state index contributed by atoms with van der Waals surface area (Å²) >= 11 is 1.58. The summed E-state index contributed by atoms with van der Waals surface area (Å²) in [7, 11) is 1.82. The van der Waals surface area contributed by atoms with Gasteiger partial charge in [0.25, 0.3) is 5.91 Å². The third-order valence-corrected chi connectivity index (χ3v) is 4.92. The minimum atomic E-state index is 0.0281. The van der Waals surface area contributed by atoms with Crippen molar-refractivity contribution in [2.45, 2.75) is 37.2 Å². The second kappa shape index (κ2) is 8.84. The van der Waals surface area contributed by atoms with E-state index in [2.05, 4.69) is 29.0 Å². The Morgan fingerprint density at radius 3 is 2.62 bits per heavy atom. The Balaban J connectivity index is 1.85. The maximum atomic E-state index is 12.4. The quantitative estimate of drug-likeness (QED) is 0.717. The number of H-pyrrole nitrogens is 1. The lowest BCUT2D eigenvalue weighted by Gasteiger charge is -2.21. The molecule has 0 saturated heterocycles. The Morgan fingerprint density at radius 2 is 2.04 bits per heavy atom. The molecule has 0 saturated carbocycles. The summed E-state index contributed by atoms with van der Waals surface area (Å²) in [4.78, 5) is 18.2. The normalized spacial score (nSPS) is 12.4. The van der Waals surface area contributed by atoms with Crippen molar-refractivity contribution in [3.8, 4) is 0 Å². The van der Waals surface area contributed by atoms with Crippen LogP contribution >= 0.6 is 11.8 Å². The number of nitrogens with two attached hydrogens (primary N) is 1. The lowest BCUT2D eigenvalue weighted by Crippen LogP contribution is -2.34. The van der Waals surface area contributed by atoms with Gasteiger partial charge in [-0.25, -0.2) is 4.98 Å². The molecule has 0 aliphatic carbocycles. The lowest BCUT2D eigenvalue weighted by atomic mass is 10.0. The average Bonchev–Trinajstić information content (AvgIpc) is 3.10. The van der Waals surface area contributed by atoms with Crippen LogP contribution in [0.3, 0.4) is 0 Å². The maximum Gasteiger partial charge on any atom is 0.253 e. The molecule has 3 N–H and O–H groups in total. The van der Waals surface area contributed by atoms with Gasteiger partial charge in [-0.2, -0.15) is 5.10 Å². The first-order valence-corrected chi connectivity index (χ1v) is 9.04. The third kappa shape index (κ3) is 5.35. The van der Waals surface area contributed by atoms with Gasteiger partial charge < -0.3 is 10.6 Å². The number of aromatic nitrogens is 3. The molecule has 1 heterocycles. The van der Waals surface area contributed by atoms with Crippen LogP contribution in [-0.2, 0) is 5.75 Å². The Bertz CT molecular complexity index is 627. The molecule has 2 rings (SSSR count). The molecule has 7 heteroatoms. The fraction of sp³-hybridized carbons (Fsp3) is 0.471. The molecule has 130 valence electrons. The molecule has 0 fully saturated rings. The molecule has 1 aromatic carbocycles. The summed E-state index contributed by atoms with van der Waals surface area (Å²) in [5.41, 5.74) is 7.88. The van der Waals surface area contributed by atoms with E-state index in [4.69, 9.17) is 5.73 Å². The number of rotatable bonds is 8. The van der Waals surface area contributed by atoms with E-state index in [9.17, 15) is 4.79 Å². The Kier molecular flexibility index (Phi) is 6.81. The number of thioether (sulfide) groups is 1. The van der Waals surface area contributed by atoms with Crippen LogP contribution in [-0.4, -0.2) is 45.6 Å². The van der Waals surface area contributed by atoms with Crippen LogP contribution in [0.5, 0.6) is 0 Å². The third-order valence-electron chi connectivity index (χ3n) is 3.97. The van der Waals surface area contributed by atoms with Gasteiger partial charge in [0, 0.05) is 31.0 Å². The van der Waals surface area contributed by atoms with Crippen LogP contribution < -0.4 is 5.73 Å². The minimum Gasteiger partial charge on any atom is -0.342 e. The molecule has 1 amide bonds. The summed E-state index contributed by atoms with van der Waals surface area (Å²) in [6.45, 7) is 4.87. The van der Waals surface area contributed by atoms with Gasteiger partial charge in [0.2, 0.25) is 0 Å². The van der Waals surface area contributed by atoms with E-state index in [0.29, 0.717) is 18.0 Å². The molecule has 1 aromatic heterocycles. The van der Waals surface area contributed by atoms with Crippen molar-refractivity contribution in [3.63, 3.8) is 0 Å². The summed E-state index contributed by atoms with van der Waals surface area (Å²) in [5, 5.41) is 7.42. The second-order valence-corrected chi connectivity index (χ2v) is 7.16. The van der Waals surface area contributed by atoms with E-state index in [-0.39, 0.29) is 11.9 Å². The van der Waals surface area contributed by atoms with E-state index in [1.807, 2.05) is 31.3 Å². The molecule has 1 atom stereocenters. The van der Waals surface area contributed by atoms with Crippen molar-refractivity contribution in [3.05, 3.63) is 41.7 Å². The highest BCUT2D eigenvalue weighted by Crippen LogP contribution is 2.19. The van der Waals surface area contributed by atoms with Crippen LogP contribution in [0.1, 0.15) is 36.2 Å². The minimum absolute atomic E-state index is 0.0281. The number of hydrogen-bond acceptors (Lipinski definition) is 5. The first kappa shape index (κ1) is 18.5. The fourth-order valence-corrected chi connectivity index (χ4v) is 2.89. The van der Waals surface area contributed by atoms with Crippen molar-refractivity contribution in [1.29, 1.82) is 0 Å². The maximum absolute atomic E-state index is 12.4. The first-order chi connectivity index (χ1) is 11.5. The highest BCUT2D eigenvalue weighted by Gasteiger charge is 2.14. The molecule has 0 aliphatic heterocycles. The fourth-order valence-electron chi connectivity index (χ4n) is 2.16. The molecular formula is C17H25N5OS. The van der Waals surface area contributed by atoms with Crippen LogP contribution in [0.2, 0.25) is 0 Å². The molecular weight excluding hydrogens is 322 g/mol. The van der Waals surface area contributed by atoms with E-state index >= 15 is 0 Å². The zero-order valence-corrected chi connectivity index (χ0v) is 15.2. The van der Waals surface area contributed by atoms with Gasteiger partial charge in [-0.15, -0.1) is 0 Å². The standard InChI is InChI=1S/C17H25N5OS/c1-12(2)15(18)8-9-22(3)16(23)14-6-4-13(5-7-14)10-24-17-19-11-20-21-17/h4-7,11-12,15H,8-10,18H2,1-3H3,(H,19,20,21). The molecule has 0 radical (unpaired) electrons. The van der Waals surface area contributed by atoms with Gasteiger partial charge in [0.1, 0.15) is 6.33 Å². The highest BCUT2D eigenvalue weighted by molar-refractivity contribution is 7.98. The summed E-state index contributed by atoms with van der Waals surface area (Å²) in [6, 6.07) is 7.82. The summed E-state index contributed by atoms with van der Waals surface area (Å²) < 4.78 is 0. The van der Waals surface area contributed by atoms with Gasteiger partial charge in [0.15, 0.2) is 5.16 Å². The number of carbonyl (C=O) groups excluding carboxylic acids is 1. The van der Waals surface area contributed by atoms with Crippen LogP contribution in [0, 0.1) is 5.92 Å². The number of benzene rings is 1. The van der Waals surface area contributed by atoms with E-state index in [0.717, 1.165) is 22.9 Å². The summed E-state index contributed by atoms with van der Waals surface area (Å²) in [6.07, 6.45) is 2.30. The predicted molar refractivity (Wildman–Crippen MR) is 96.8 cm³/mol. The van der Waals surface area contributed by atoms with Crippen molar-refractivity contribution < 1.29 is 4.79 Å². The van der Waals surface area contributed by atoms with Crippen LogP contribution in [0.4, 0.5) is 0 Å². The molecule has 2 aromatic rings. The first-order valence-electron chi connectivity index (χ1n) is 8.05. The number of hydrogen-bond donors (Lipinski definition) is 2. The zero-order valence-electron chi connectivity index (χ0n) is 14.4. The Morgan fingerprint density at radius 1 is 1.33 bits per heavy atom. The smallest absolute Gasteiger partial charge is 0.253 e. The summed E-state index contributed by atoms with van der Waals surface area (Å²) in [5.74, 6) is 1.23. The Labute approximate surface area is 147 Å². The number of carbonyl (C=O) groups is 1. The lowest BCUT2D eigenvalue weighted by molar-refractivity contribution is 0.0789. The zero-order chi connectivity index (χ0) is 17.5. The number of aromatic amines is 1. The largest absolute Gasteiger partial charge is 0.342 e. The van der Waals surface area contributed by atoms with Crippen molar-refractivity contribution in [2.24, 2.45) is 11.7 Å². The SMILES string of the molecule is CC(C)C(N)CCN(C)C(=O)c1ccc(CSc2ncn[nH]2)cc1. The molecule has 24 heavy (non-hydrogen) atoms. The average molecular weight is 347 g/mol. The van der Waals surface area contributed by atoms with Gasteiger partial charge in [-0.1, -0.05) is 37.7 Å². The molecule has 0 bridgehead atoms. The molecule has 6 nitrogen and oxygen atoms in total. The number of amides is 1. The van der Waals surface area contributed by atoms with Crippen molar-refractivity contribution in [1.82, 2.24) is 20.1 Å². The van der Waals surface area contributed by atoms with E-state index in [1.165, 1.54) is 6.33 Å². The monoisotopic (exact) mass is 347 g/mol. The Hall–Kier alpha value is -1.86. The number of nitrogens with one attached hydrogen (secondary N) is 1. The van der Waals surface area contributed by atoms with Gasteiger partial charge >= 0.3 is 0 Å².